The SMILES string of the molecule is CC(C)(C)c1ccc(OCC(=O)Nc2cccc(-c3nn4cnnc4s3)c2)cc1. The van der Waals surface area contributed by atoms with Crippen LogP contribution in [0.2, 0.25) is 0 Å². The summed E-state index contributed by atoms with van der Waals surface area (Å²) in [6, 6.07) is 15.4. The second-order valence-electron chi connectivity index (χ2n) is 7.66. The quantitative estimate of drug-likeness (QED) is 0.537. The third kappa shape index (κ3) is 4.43. The van der Waals surface area contributed by atoms with Gasteiger partial charge in [-0.2, -0.15) is 9.61 Å². The lowest BCUT2D eigenvalue weighted by Gasteiger charge is -2.19. The minimum Gasteiger partial charge on any atom is -0.484 e. The van der Waals surface area contributed by atoms with Gasteiger partial charge in [0.05, 0.1) is 0 Å². The van der Waals surface area contributed by atoms with Crippen LogP contribution in [0.5, 0.6) is 5.75 Å². The largest absolute Gasteiger partial charge is 0.484 e. The van der Waals surface area contributed by atoms with Crippen LogP contribution in [-0.2, 0) is 10.2 Å². The molecule has 0 aliphatic carbocycles. The van der Waals surface area contributed by atoms with E-state index in [4.69, 9.17) is 4.74 Å². The number of fused-ring (bicyclic) bond motifs is 1. The van der Waals surface area contributed by atoms with Crippen molar-refractivity contribution in [1.82, 2.24) is 19.8 Å². The van der Waals surface area contributed by atoms with Crippen LogP contribution >= 0.6 is 11.3 Å². The van der Waals surface area contributed by atoms with Crippen molar-refractivity contribution in [3.05, 3.63) is 60.4 Å². The van der Waals surface area contributed by atoms with E-state index in [-0.39, 0.29) is 17.9 Å². The molecule has 0 radical (unpaired) electrons. The Labute approximate surface area is 172 Å². The number of rotatable bonds is 5. The Morgan fingerprint density at radius 3 is 2.69 bits per heavy atom. The van der Waals surface area contributed by atoms with Gasteiger partial charge < -0.3 is 10.1 Å². The smallest absolute Gasteiger partial charge is 0.262 e. The standard InChI is InChI=1S/C21H21N5O2S/c1-21(2,3)15-7-9-17(10-8-15)28-12-18(27)23-16-6-4-5-14(11-16)19-25-26-13-22-24-20(26)29-19/h4-11,13H,12H2,1-3H3,(H,23,27). The maximum atomic E-state index is 12.3. The number of benzene rings is 2. The van der Waals surface area contributed by atoms with E-state index in [2.05, 4.69) is 41.4 Å². The van der Waals surface area contributed by atoms with Crippen molar-refractivity contribution in [2.24, 2.45) is 0 Å². The van der Waals surface area contributed by atoms with Gasteiger partial charge in [-0.1, -0.05) is 56.4 Å². The van der Waals surface area contributed by atoms with Crippen LogP contribution in [0.3, 0.4) is 0 Å². The highest BCUT2D eigenvalue weighted by Crippen LogP contribution is 2.27. The lowest BCUT2D eigenvalue weighted by atomic mass is 9.87. The van der Waals surface area contributed by atoms with Gasteiger partial charge >= 0.3 is 0 Å². The zero-order valence-electron chi connectivity index (χ0n) is 16.4. The van der Waals surface area contributed by atoms with Crippen molar-refractivity contribution < 1.29 is 9.53 Å². The summed E-state index contributed by atoms with van der Waals surface area (Å²) in [5.41, 5.74) is 2.89. The van der Waals surface area contributed by atoms with Gasteiger partial charge in [-0.3, -0.25) is 4.79 Å². The molecule has 4 rings (SSSR count). The van der Waals surface area contributed by atoms with E-state index in [1.807, 2.05) is 48.5 Å². The maximum Gasteiger partial charge on any atom is 0.262 e. The predicted octanol–water partition coefficient (Wildman–Crippen LogP) is 4.17. The molecule has 0 atom stereocenters. The first kappa shape index (κ1) is 19.1. The Balaban J connectivity index is 1.38. The van der Waals surface area contributed by atoms with E-state index in [9.17, 15) is 4.79 Å². The Hall–Kier alpha value is -3.26. The average Bonchev–Trinajstić information content (AvgIpc) is 3.28. The molecule has 0 saturated heterocycles. The van der Waals surface area contributed by atoms with Crippen LogP contribution in [0, 0.1) is 0 Å². The lowest BCUT2D eigenvalue weighted by molar-refractivity contribution is -0.118. The molecule has 1 amide bonds. The van der Waals surface area contributed by atoms with Crippen molar-refractivity contribution in [1.29, 1.82) is 0 Å². The molecule has 29 heavy (non-hydrogen) atoms. The fourth-order valence-corrected chi connectivity index (χ4v) is 3.62. The van der Waals surface area contributed by atoms with Gasteiger partial charge in [0.25, 0.3) is 5.91 Å². The van der Waals surface area contributed by atoms with Crippen molar-refractivity contribution in [3.63, 3.8) is 0 Å². The molecule has 0 saturated carbocycles. The highest BCUT2D eigenvalue weighted by molar-refractivity contribution is 7.19. The monoisotopic (exact) mass is 407 g/mol. The number of carbonyl (C=O) groups excluding carboxylic acids is 1. The number of aromatic nitrogens is 4. The van der Waals surface area contributed by atoms with Crippen LogP contribution in [0.25, 0.3) is 15.5 Å². The molecule has 0 aliphatic heterocycles. The molecule has 0 spiro atoms. The average molecular weight is 407 g/mol. The number of amides is 1. The number of hydrogen-bond donors (Lipinski definition) is 1. The van der Waals surface area contributed by atoms with E-state index in [1.54, 1.807) is 10.8 Å². The van der Waals surface area contributed by atoms with Crippen LogP contribution in [0.15, 0.2) is 54.9 Å². The van der Waals surface area contributed by atoms with E-state index >= 15 is 0 Å². The first-order valence-corrected chi connectivity index (χ1v) is 10.0. The molecular formula is C21H21N5O2S. The highest BCUT2D eigenvalue weighted by atomic mass is 32.1. The third-order valence-electron chi connectivity index (χ3n) is 4.37. The van der Waals surface area contributed by atoms with Crippen LogP contribution in [0.1, 0.15) is 26.3 Å². The van der Waals surface area contributed by atoms with E-state index in [0.29, 0.717) is 11.4 Å². The van der Waals surface area contributed by atoms with Gasteiger partial charge in [0.15, 0.2) is 6.61 Å². The summed E-state index contributed by atoms with van der Waals surface area (Å²) >= 11 is 1.44. The van der Waals surface area contributed by atoms with Crippen molar-refractivity contribution in [2.75, 3.05) is 11.9 Å². The number of carbonyl (C=O) groups is 1. The number of hydrogen-bond acceptors (Lipinski definition) is 6. The molecule has 7 nitrogen and oxygen atoms in total. The highest BCUT2D eigenvalue weighted by Gasteiger charge is 2.13. The molecule has 8 heteroatoms. The number of nitrogens with zero attached hydrogens (tertiary/aromatic N) is 4. The zero-order valence-corrected chi connectivity index (χ0v) is 17.2. The van der Waals surface area contributed by atoms with Crippen LogP contribution in [-0.4, -0.2) is 32.3 Å². The van der Waals surface area contributed by atoms with Gasteiger partial charge in [-0.25, -0.2) is 0 Å². The van der Waals surface area contributed by atoms with Crippen LogP contribution < -0.4 is 10.1 Å². The first-order valence-electron chi connectivity index (χ1n) is 9.19. The van der Waals surface area contributed by atoms with Gasteiger partial charge in [0.2, 0.25) is 4.96 Å². The lowest BCUT2D eigenvalue weighted by Crippen LogP contribution is -2.20. The van der Waals surface area contributed by atoms with Gasteiger partial charge in [-0.15, -0.1) is 10.2 Å². The van der Waals surface area contributed by atoms with Gasteiger partial charge in [0.1, 0.15) is 17.1 Å². The molecule has 1 N–H and O–H groups in total. The van der Waals surface area contributed by atoms with E-state index in [1.165, 1.54) is 16.9 Å². The first-order chi connectivity index (χ1) is 13.9. The Kier molecular flexibility index (Phi) is 5.02. The molecule has 0 bridgehead atoms. The summed E-state index contributed by atoms with van der Waals surface area (Å²) in [7, 11) is 0. The summed E-state index contributed by atoms with van der Waals surface area (Å²) in [6.45, 7) is 6.41. The van der Waals surface area contributed by atoms with Gasteiger partial charge in [0, 0.05) is 11.3 Å². The minimum atomic E-state index is -0.222. The second kappa shape index (κ2) is 7.63. The number of ether oxygens (including phenoxy) is 1. The zero-order chi connectivity index (χ0) is 20.4. The predicted molar refractivity (Wildman–Crippen MR) is 113 cm³/mol. The van der Waals surface area contributed by atoms with E-state index in [0.717, 1.165) is 15.5 Å². The molecule has 2 aromatic carbocycles. The Morgan fingerprint density at radius 1 is 1.17 bits per heavy atom. The molecule has 2 heterocycles. The number of anilines is 1. The topological polar surface area (TPSA) is 81.4 Å². The summed E-state index contributed by atoms with van der Waals surface area (Å²) in [5.74, 6) is 0.446. The van der Waals surface area contributed by atoms with Crippen molar-refractivity contribution in [2.45, 2.75) is 26.2 Å². The normalized spacial score (nSPS) is 11.6. The fraction of sp³-hybridized carbons (Fsp3) is 0.238. The molecule has 0 aliphatic rings. The molecule has 0 fully saturated rings. The molecule has 4 aromatic rings. The van der Waals surface area contributed by atoms with Gasteiger partial charge in [-0.05, 0) is 35.2 Å². The Morgan fingerprint density at radius 2 is 1.97 bits per heavy atom. The maximum absolute atomic E-state index is 12.3. The van der Waals surface area contributed by atoms with Crippen molar-refractivity contribution in [3.8, 4) is 16.3 Å². The second-order valence-corrected chi connectivity index (χ2v) is 8.61. The van der Waals surface area contributed by atoms with Crippen molar-refractivity contribution >= 4 is 27.9 Å². The minimum absolute atomic E-state index is 0.0597. The Bertz CT molecular complexity index is 1110. The summed E-state index contributed by atoms with van der Waals surface area (Å²) in [6.07, 6.45) is 1.56. The molecule has 148 valence electrons. The summed E-state index contributed by atoms with van der Waals surface area (Å²) < 4.78 is 7.24. The van der Waals surface area contributed by atoms with E-state index < -0.39 is 0 Å². The summed E-state index contributed by atoms with van der Waals surface area (Å²) in [4.78, 5) is 13.0. The fourth-order valence-electron chi connectivity index (χ4n) is 2.80. The molecule has 2 aromatic heterocycles. The number of nitrogens with one attached hydrogen (secondary N) is 1. The molecular weight excluding hydrogens is 386 g/mol. The summed E-state index contributed by atoms with van der Waals surface area (Å²) in [5, 5.41) is 15.9. The molecule has 0 unspecified atom stereocenters. The van der Waals surface area contributed by atoms with Crippen LogP contribution in [0.4, 0.5) is 5.69 Å². The third-order valence-corrected chi connectivity index (χ3v) is 5.33.